The summed E-state index contributed by atoms with van der Waals surface area (Å²) in [5, 5.41) is 4.14. The molecule has 1 fully saturated rings. The van der Waals surface area contributed by atoms with Crippen LogP contribution >= 0.6 is 11.6 Å². The van der Waals surface area contributed by atoms with E-state index >= 15 is 0 Å². The SMILES string of the molecule is Nc1noc(CC2CCCC2)c1Cl. The molecule has 2 N–H and O–H groups in total. The summed E-state index contributed by atoms with van der Waals surface area (Å²) in [5.74, 6) is 1.78. The lowest BCUT2D eigenvalue weighted by Gasteiger charge is -2.04. The van der Waals surface area contributed by atoms with Crippen molar-refractivity contribution < 1.29 is 4.52 Å². The molecular weight excluding hydrogens is 188 g/mol. The minimum absolute atomic E-state index is 0.315. The molecule has 1 aromatic rings. The summed E-state index contributed by atoms with van der Waals surface area (Å²) in [6.45, 7) is 0. The van der Waals surface area contributed by atoms with Crippen LogP contribution in [0.3, 0.4) is 0 Å². The Hall–Kier alpha value is -0.700. The number of rotatable bonds is 2. The fraction of sp³-hybridized carbons (Fsp3) is 0.667. The molecule has 0 spiro atoms. The van der Waals surface area contributed by atoms with Crippen molar-refractivity contribution in [1.82, 2.24) is 5.16 Å². The van der Waals surface area contributed by atoms with Crippen molar-refractivity contribution in [3.8, 4) is 0 Å². The summed E-state index contributed by atoms with van der Waals surface area (Å²) in [5.41, 5.74) is 5.48. The number of halogens is 1. The Balaban J connectivity index is 2.04. The van der Waals surface area contributed by atoms with Gasteiger partial charge in [0.1, 0.15) is 5.02 Å². The first-order valence-corrected chi connectivity index (χ1v) is 5.04. The summed E-state index contributed by atoms with van der Waals surface area (Å²) in [6, 6.07) is 0. The van der Waals surface area contributed by atoms with Crippen LogP contribution in [0.5, 0.6) is 0 Å². The Kier molecular flexibility index (Phi) is 2.44. The third-order valence-corrected chi connectivity index (χ3v) is 3.08. The second-order valence-corrected chi connectivity index (χ2v) is 4.04. The molecule has 0 unspecified atom stereocenters. The first-order valence-electron chi connectivity index (χ1n) is 4.67. The zero-order chi connectivity index (χ0) is 9.26. The first-order chi connectivity index (χ1) is 6.27. The van der Waals surface area contributed by atoms with Gasteiger partial charge >= 0.3 is 0 Å². The van der Waals surface area contributed by atoms with Gasteiger partial charge in [-0.15, -0.1) is 0 Å². The quantitative estimate of drug-likeness (QED) is 0.799. The number of nitrogens with two attached hydrogens (primary N) is 1. The summed E-state index contributed by atoms with van der Waals surface area (Å²) in [4.78, 5) is 0. The van der Waals surface area contributed by atoms with Gasteiger partial charge in [-0.1, -0.05) is 42.4 Å². The van der Waals surface area contributed by atoms with Crippen LogP contribution in [-0.2, 0) is 6.42 Å². The van der Waals surface area contributed by atoms with Crippen LogP contribution in [0.1, 0.15) is 31.4 Å². The van der Waals surface area contributed by atoms with Crippen molar-refractivity contribution in [3.63, 3.8) is 0 Å². The molecule has 0 atom stereocenters. The molecule has 0 bridgehead atoms. The van der Waals surface area contributed by atoms with Crippen molar-refractivity contribution in [3.05, 3.63) is 10.8 Å². The van der Waals surface area contributed by atoms with E-state index in [1.165, 1.54) is 25.7 Å². The van der Waals surface area contributed by atoms with Gasteiger partial charge in [0, 0.05) is 6.42 Å². The topological polar surface area (TPSA) is 52.0 Å². The van der Waals surface area contributed by atoms with Crippen molar-refractivity contribution in [1.29, 1.82) is 0 Å². The van der Waals surface area contributed by atoms with E-state index in [0.717, 1.165) is 12.2 Å². The molecule has 13 heavy (non-hydrogen) atoms. The lowest BCUT2D eigenvalue weighted by molar-refractivity contribution is 0.361. The van der Waals surface area contributed by atoms with E-state index < -0.39 is 0 Å². The van der Waals surface area contributed by atoms with Gasteiger partial charge in [0.05, 0.1) is 0 Å². The van der Waals surface area contributed by atoms with Gasteiger partial charge < -0.3 is 10.3 Å². The summed E-state index contributed by atoms with van der Waals surface area (Å²) in [6.07, 6.45) is 6.09. The van der Waals surface area contributed by atoms with Gasteiger partial charge in [0.15, 0.2) is 11.6 Å². The Morgan fingerprint density at radius 3 is 2.69 bits per heavy atom. The molecule has 2 rings (SSSR count). The van der Waals surface area contributed by atoms with E-state index in [4.69, 9.17) is 21.9 Å². The highest BCUT2D eigenvalue weighted by molar-refractivity contribution is 6.33. The van der Waals surface area contributed by atoms with E-state index in [1.807, 2.05) is 0 Å². The molecule has 1 aliphatic carbocycles. The van der Waals surface area contributed by atoms with Gasteiger partial charge in [-0.2, -0.15) is 0 Å². The zero-order valence-corrected chi connectivity index (χ0v) is 8.18. The fourth-order valence-electron chi connectivity index (χ4n) is 1.93. The van der Waals surface area contributed by atoms with E-state index in [9.17, 15) is 0 Å². The van der Waals surface area contributed by atoms with Crippen LogP contribution in [0.4, 0.5) is 5.82 Å². The van der Waals surface area contributed by atoms with Crippen LogP contribution in [-0.4, -0.2) is 5.16 Å². The van der Waals surface area contributed by atoms with Crippen LogP contribution in [0, 0.1) is 5.92 Å². The molecule has 4 heteroatoms. The molecule has 1 aromatic heterocycles. The Morgan fingerprint density at radius 2 is 2.15 bits per heavy atom. The van der Waals surface area contributed by atoms with E-state index in [0.29, 0.717) is 16.8 Å². The normalized spacial score (nSPS) is 18.2. The smallest absolute Gasteiger partial charge is 0.185 e. The Labute approximate surface area is 82.2 Å². The summed E-state index contributed by atoms with van der Waals surface area (Å²) < 4.78 is 5.05. The molecule has 1 heterocycles. The summed E-state index contributed by atoms with van der Waals surface area (Å²) in [7, 11) is 0. The van der Waals surface area contributed by atoms with Crippen molar-refractivity contribution in [2.45, 2.75) is 32.1 Å². The maximum atomic E-state index is 5.91. The highest BCUT2D eigenvalue weighted by atomic mass is 35.5. The Morgan fingerprint density at radius 1 is 1.46 bits per heavy atom. The largest absolute Gasteiger partial charge is 0.380 e. The monoisotopic (exact) mass is 200 g/mol. The lowest BCUT2D eigenvalue weighted by atomic mass is 10.0. The van der Waals surface area contributed by atoms with Crippen molar-refractivity contribution in [2.24, 2.45) is 5.92 Å². The molecule has 72 valence electrons. The molecule has 1 aliphatic rings. The van der Waals surface area contributed by atoms with Crippen LogP contribution in [0.25, 0.3) is 0 Å². The van der Waals surface area contributed by atoms with Crippen LogP contribution in [0.2, 0.25) is 5.02 Å². The maximum absolute atomic E-state index is 5.91. The highest BCUT2D eigenvalue weighted by Crippen LogP contribution is 2.31. The van der Waals surface area contributed by atoms with Crippen LogP contribution < -0.4 is 5.73 Å². The molecule has 0 amide bonds. The predicted octanol–water partition coefficient (Wildman–Crippen LogP) is 2.64. The van der Waals surface area contributed by atoms with Crippen LogP contribution in [0.15, 0.2) is 4.52 Å². The number of nitrogen functional groups attached to an aromatic ring is 1. The molecular formula is C9H13ClN2O. The van der Waals surface area contributed by atoms with Gasteiger partial charge in [0.2, 0.25) is 0 Å². The first kappa shape index (κ1) is 8.88. The lowest BCUT2D eigenvalue weighted by Crippen LogP contribution is -1.97. The van der Waals surface area contributed by atoms with Gasteiger partial charge in [-0.05, 0) is 5.92 Å². The minimum Gasteiger partial charge on any atom is -0.380 e. The highest BCUT2D eigenvalue weighted by Gasteiger charge is 2.20. The second kappa shape index (κ2) is 3.58. The Bertz CT molecular complexity index is 292. The molecule has 0 saturated heterocycles. The van der Waals surface area contributed by atoms with Gasteiger partial charge in [-0.25, -0.2) is 0 Å². The van der Waals surface area contributed by atoms with E-state index in [2.05, 4.69) is 5.16 Å². The molecule has 0 aromatic carbocycles. The second-order valence-electron chi connectivity index (χ2n) is 3.66. The standard InChI is InChI=1S/C9H13ClN2O/c10-8-7(13-12-9(8)11)5-6-3-1-2-4-6/h6H,1-5H2,(H2,11,12). The molecule has 0 radical (unpaired) electrons. The number of aromatic nitrogens is 1. The summed E-state index contributed by atoms with van der Waals surface area (Å²) >= 11 is 5.91. The minimum atomic E-state index is 0.315. The van der Waals surface area contributed by atoms with Gasteiger partial charge in [-0.3, -0.25) is 0 Å². The van der Waals surface area contributed by atoms with E-state index in [1.54, 1.807) is 0 Å². The number of hydrogen-bond acceptors (Lipinski definition) is 3. The molecule has 3 nitrogen and oxygen atoms in total. The third-order valence-electron chi connectivity index (χ3n) is 2.67. The fourth-order valence-corrected chi connectivity index (χ4v) is 2.08. The predicted molar refractivity (Wildman–Crippen MR) is 51.6 cm³/mol. The maximum Gasteiger partial charge on any atom is 0.185 e. The van der Waals surface area contributed by atoms with Crippen molar-refractivity contribution in [2.75, 3.05) is 5.73 Å². The zero-order valence-electron chi connectivity index (χ0n) is 7.42. The van der Waals surface area contributed by atoms with E-state index in [-0.39, 0.29) is 0 Å². The number of hydrogen-bond donors (Lipinski definition) is 1. The molecule has 0 aliphatic heterocycles. The average molecular weight is 201 g/mol. The number of anilines is 1. The van der Waals surface area contributed by atoms with Crippen molar-refractivity contribution >= 4 is 17.4 Å². The number of nitrogens with zero attached hydrogens (tertiary/aromatic N) is 1. The van der Waals surface area contributed by atoms with Gasteiger partial charge in [0.25, 0.3) is 0 Å². The molecule has 1 saturated carbocycles. The average Bonchev–Trinajstić information content (AvgIpc) is 2.71. The third kappa shape index (κ3) is 1.80.